The smallest absolute Gasteiger partial charge is 0.293 e. The maximum absolute atomic E-state index is 10.6. The van der Waals surface area contributed by atoms with Crippen molar-refractivity contribution in [1.82, 2.24) is 0 Å². The van der Waals surface area contributed by atoms with E-state index in [-0.39, 0.29) is 17.5 Å². The predicted molar refractivity (Wildman–Crippen MR) is 51.9 cm³/mol. The quantitative estimate of drug-likeness (QED) is 0.586. The summed E-state index contributed by atoms with van der Waals surface area (Å²) in [5.41, 5.74) is -0.206. The normalized spacial score (nSPS) is 13.0. The van der Waals surface area contributed by atoms with E-state index in [0.717, 1.165) is 0 Å². The monoisotopic (exact) mass is 279 g/mol. The van der Waals surface area contributed by atoms with Crippen LogP contribution in [0.2, 0.25) is 5.02 Å². The molecule has 0 spiro atoms. The summed E-state index contributed by atoms with van der Waals surface area (Å²) in [6.07, 6.45) is 0. The Labute approximate surface area is 91.8 Å². The van der Waals surface area contributed by atoms with Gasteiger partial charge in [0, 0.05) is 0 Å². The molecule has 0 saturated carbocycles. The van der Waals surface area contributed by atoms with E-state index >= 15 is 0 Å². The molecule has 0 radical (unpaired) electrons. The van der Waals surface area contributed by atoms with Crippen molar-refractivity contribution >= 4 is 33.2 Å². The Hall–Kier alpha value is -1.01. The zero-order chi connectivity index (χ0) is 10.3. The van der Waals surface area contributed by atoms with Crippen LogP contribution >= 0.6 is 27.5 Å². The number of halogens is 2. The molecule has 0 aromatic heterocycles. The average molecular weight is 280 g/mol. The Balaban J connectivity index is 2.67. The lowest BCUT2D eigenvalue weighted by Gasteiger charge is -2.01. The highest BCUT2D eigenvalue weighted by atomic mass is 79.9. The molecule has 2 rings (SSSR count). The largest absolute Gasteiger partial charge is 0.453 e. The Morgan fingerprint density at radius 2 is 2.29 bits per heavy atom. The molecular weight excluding hydrogens is 277 g/mol. The standard InChI is InChI=1S/C7H3BrClNO4/c8-5-6(9)3(10(11)12)1-4-7(5)14-2-13-4/h1H,2H2. The van der Waals surface area contributed by atoms with Crippen LogP contribution < -0.4 is 9.47 Å². The minimum Gasteiger partial charge on any atom is -0.453 e. The third kappa shape index (κ3) is 1.31. The van der Waals surface area contributed by atoms with Gasteiger partial charge in [-0.15, -0.1) is 0 Å². The fourth-order valence-corrected chi connectivity index (χ4v) is 1.82. The van der Waals surface area contributed by atoms with Gasteiger partial charge in [-0.2, -0.15) is 0 Å². The van der Waals surface area contributed by atoms with E-state index < -0.39 is 4.92 Å². The van der Waals surface area contributed by atoms with E-state index in [9.17, 15) is 10.1 Å². The zero-order valence-electron chi connectivity index (χ0n) is 6.62. The Kier molecular flexibility index (Phi) is 2.24. The van der Waals surface area contributed by atoms with E-state index in [2.05, 4.69) is 15.9 Å². The SMILES string of the molecule is O=[N+]([O-])c1cc2c(c(Br)c1Cl)OCO2. The molecule has 1 aliphatic heterocycles. The average Bonchev–Trinajstić information content (AvgIpc) is 2.58. The van der Waals surface area contributed by atoms with Crippen LogP contribution in [0.4, 0.5) is 5.69 Å². The number of ether oxygens (including phenoxy) is 2. The zero-order valence-corrected chi connectivity index (χ0v) is 8.96. The van der Waals surface area contributed by atoms with Crippen LogP contribution in [0.3, 0.4) is 0 Å². The van der Waals surface area contributed by atoms with Crippen molar-refractivity contribution in [3.8, 4) is 11.5 Å². The molecule has 1 aromatic carbocycles. The van der Waals surface area contributed by atoms with Crippen molar-refractivity contribution in [1.29, 1.82) is 0 Å². The topological polar surface area (TPSA) is 61.6 Å². The van der Waals surface area contributed by atoms with Gasteiger partial charge >= 0.3 is 0 Å². The number of benzene rings is 1. The lowest BCUT2D eigenvalue weighted by Crippen LogP contribution is -1.93. The number of nitro benzene ring substituents is 1. The summed E-state index contributed by atoms with van der Waals surface area (Å²) in [5.74, 6) is 0.730. The van der Waals surface area contributed by atoms with E-state index in [1.807, 2.05) is 0 Å². The summed E-state index contributed by atoms with van der Waals surface area (Å²) in [5, 5.41) is 10.6. The summed E-state index contributed by atoms with van der Waals surface area (Å²) < 4.78 is 10.4. The summed E-state index contributed by atoms with van der Waals surface area (Å²) >= 11 is 8.86. The van der Waals surface area contributed by atoms with Gasteiger partial charge < -0.3 is 9.47 Å². The second-order valence-corrected chi connectivity index (χ2v) is 3.69. The van der Waals surface area contributed by atoms with E-state index in [1.165, 1.54) is 6.07 Å². The fourth-order valence-electron chi connectivity index (χ4n) is 1.10. The number of nitro groups is 1. The maximum atomic E-state index is 10.6. The minimum absolute atomic E-state index is 0.0132. The van der Waals surface area contributed by atoms with Gasteiger partial charge in [-0.05, 0) is 15.9 Å². The van der Waals surface area contributed by atoms with E-state index in [1.54, 1.807) is 0 Å². The highest BCUT2D eigenvalue weighted by Gasteiger charge is 2.27. The molecule has 7 heteroatoms. The summed E-state index contributed by atoms with van der Waals surface area (Å²) in [6.45, 7) is 0.0471. The number of rotatable bonds is 1. The van der Waals surface area contributed by atoms with E-state index in [4.69, 9.17) is 21.1 Å². The molecule has 0 atom stereocenters. The summed E-state index contributed by atoms with van der Waals surface area (Å²) in [7, 11) is 0. The number of nitrogens with zero attached hydrogens (tertiary/aromatic N) is 1. The van der Waals surface area contributed by atoms with Crippen molar-refractivity contribution in [2.75, 3.05) is 6.79 Å². The lowest BCUT2D eigenvalue weighted by atomic mass is 10.3. The Morgan fingerprint density at radius 1 is 1.57 bits per heavy atom. The second kappa shape index (κ2) is 3.29. The van der Waals surface area contributed by atoms with Crippen molar-refractivity contribution in [3.63, 3.8) is 0 Å². The molecule has 1 aliphatic rings. The van der Waals surface area contributed by atoms with Crippen molar-refractivity contribution < 1.29 is 14.4 Å². The lowest BCUT2D eigenvalue weighted by molar-refractivity contribution is -0.384. The molecule has 74 valence electrons. The highest BCUT2D eigenvalue weighted by molar-refractivity contribution is 9.10. The van der Waals surface area contributed by atoms with Crippen molar-refractivity contribution in [2.45, 2.75) is 0 Å². The van der Waals surface area contributed by atoms with Crippen LogP contribution in [-0.2, 0) is 0 Å². The van der Waals surface area contributed by atoms with Gasteiger partial charge in [0.25, 0.3) is 5.69 Å². The van der Waals surface area contributed by atoms with Crippen LogP contribution in [-0.4, -0.2) is 11.7 Å². The highest BCUT2D eigenvalue weighted by Crippen LogP contribution is 2.47. The van der Waals surface area contributed by atoms with Gasteiger partial charge in [0.15, 0.2) is 11.5 Å². The predicted octanol–water partition coefficient (Wildman–Crippen LogP) is 2.74. The van der Waals surface area contributed by atoms with Gasteiger partial charge in [0.2, 0.25) is 6.79 Å². The summed E-state index contributed by atoms with van der Waals surface area (Å²) in [6, 6.07) is 1.25. The molecule has 0 saturated heterocycles. The second-order valence-electron chi connectivity index (χ2n) is 2.51. The molecule has 0 amide bonds. The van der Waals surface area contributed by atoms with Gasteiger partial charge in [-0.3, -0.25) is 10.1 Å². The Morgan fingerprint density at radius 3 is 2.93 bits per heavy atom. The molecule has 1 heterocycles. The summed E-state index contributed by atoms with van der Waals surface area (Å²) in [4.78, 5) is 10.0. The third-order valence-corrected chi connectivity index (χ3v) is 3.09. The van der Waals surface area contributed by atoms with Gasteiger partial charge in [-0.1, -0.05) is 11.6 Å². The molecule has 0 unspecified atom stereocenters. The third-order valence-electron chi connectivity index (χ3n) is 1.72. The van der Waals surface area contributed by atoms with Crippen LogP contribution in [0.1, 0.15) is 0 Å². The number of fused-ring (bicyclic) bond motifs is 1. The van der Waals surface area contributed by atoms with Gasteiger partial charge in [-0.25, -0.2) is 0 Å². The molecular formula is C7H3BrClNO4. The van der Waals surface area contributed by atoms with Gasteiger partial charge in [0.1, 0.15) is 5.02 Å². The van der Waals surface area contributed by atoms with Crippen LogP contribution in [0.15, 0.2) is 10.5 Å². The Bertz CT molecular complexity index is 423. The minimum atomic E-state index is -0.574. The molecule has 0 bridgehead atoms. The van der Waals surface area contributed by atoms with Crippen LogP contribution in [0.5, 0.6) is 11.5 Å². The fraction of sp³-hybridized carbons (Fsp3) is 0.143. The number of hydrogen-bond acceptors (Lipinski definition) is 4. The first-order valence-corrected chi connectivity index (χ1v) is 4.70. The first kappa shape index (κ1) is 9.54. The molecule has 0 fully saturated rings. The van der Waals surface area contributed by atoms with Crippen LogP contribution in [0.25, 0.3) is 0 Å². The number of hydrogen-bond donors (Lipinski definition) is 0. The molecule has 0 aliphatic carbocycles. The molecule has 5 nitrogen and oxygen atoms in total. The van der Waals surface area contributed by atoms with Crippen molar-refractivity contribution in [2.24, 2.45) is 0 Å². The first-order chi connectivity index (χ1) is 6.61. The van der Waals surface area contributed by atoms with Crippen molar-refractivity contribution in [3.05, 3.63) is 25.7 Å². The van der Waals surface area contributed by atoms with Crippen LogP contribution in [0, 0.1) is 10.1 Å². The van der Waals surface area contributed by atoms with E-state index in [0.29, 0.717) is 16.0 Å². The molecule has 14 heavy (non-hydrogen) atoms. The maximum Gasteiger partial charge on any atom is 0.293 e. The molecule has 0 N–H and O–H groups in total. The molecule has 1 aromatic rings. The van der Waals surface area contributed by atoms with Gasteiger partial charge in [0.05, 0.1) is 15.5 Å². The first-order valence-electron chi connectivity index (χ1n) is 3.53.